The van der Waals surface area contributed by atoms with Crippen LogP contribution in [0, 0.1) is 0 Å². The maximum absolute atomic E-state index is 8.64. The Morgan fingerprint density at radius 2 is 2.10 bits per heavy atom. The highest BCUT2D eigenvalue weighted by molar-refractivity contribution is 4.66. The van der Waals surface area contributed by atoms with Crippen LogP contribution in [0.4, 0.5) is 0 Å². The minimum absolute atomic E-state index is 0.0385. The second kappa shape index (κ2) is 5.61. The fraction of sp³-hybridized carbons (Fsp3) is 1.00. The van der Waals surface area contributed by atoms with Gasteiger partial charge in [-0.3, -0.25) is 0 Å². The Morgan fingerprint density at radius 3 is 2.40 bits per heavy atom. The molecule has 10 heavy (non-hydrogen) atoms. The molecule has 0 aliphatic rings. The molecule has 0 saturated carbocycles. The van der Waals surface area contributed by atoms with Crippen molar-refractivity contribution in [1.82, 2.24) is 0 Å². The normalized spacial score (nSPS) is 16.8. The summed E-state index contributed by atoms with van der Waals surface area (Å²) >= 11 is 0. The van der Waals surface area contributed by atoms with Gasteiger partial charge < -0.3 is 20.7 Å². The maximum atomic E-state index is 8.64. The highest BCUT2D eigenvalue weighted by Crippen LogP contribution is 1.94. The van der Waals surface area contributed by atoms with Crippen molar-refractivity contribution < 1.29 is 14.9 Å². The van der Waals surface area contributed by atoms with Crippen molar-refractivity contribution in [3.05, 3.63) is 0 Å². The first kappa shape index (κ1) is 9.84. The minimum Gasteiger partial charge on any atom is -0.394 e. The fourth-order valence-electron chi connectivity index (χ4n) is 0.575. The molecule has 0 radical (unpaired) electrons. The van der Waals surface area contributed by atoms with Crippen molar-refractivity contribution in [3.63, 3.8) is 0 Å². The van der Waals surface area contributed by atoms with Gasteiger partial charge >= 0.3 is 0 Å². The summed E-state index contributed by atoms with van der Waals surface area (Å²) in [6, 6.07) is -0.198. The van der Waals surface area contributed by atoms with Gasteiger partial charge in [-0.15, -0.1) is 0 Å². The van der Waals surface area contributed by atoms with E-state index in [0.29, 0.717) is 0 Å². The summed E-state index contributed by atoms with van der Waals surface area (Å²) in [5, 5.41) is 17.0. The van der Waals surface area contributed by atoms with Crippen molar-refractivity contribution in [2.45, 2.75) is 19.1 Å². The molecule has 0 aromatic carbocycles. The SMILES string of the molecule is CC(N)C(CO)OCCO. The Balaban J connectivity index is 3.40. The van der Waals surface area contributed by atoms with Crippen LogP contribution in [0.5, 0.6) is 0 Å². The van der Waals surface area contributed by atoms with E-state index in [1.54, 1.807) is 6.92 Å². The largest absolute Gasteiger partial charge is 0.394 e. The van der Waals surface area contributed by atoms with Gasteiger partial charge in [0.05, 0.1) is 25.9 Å². The van der Waals surface area contributed by atoms with Gasteiger partial charge in [0.1, 0.15) is 0 Å². The van der Waals surface area contributed by atoms with Crippen LogP contribution in [0.1, 0.15) is 6.92 Å². The van der Waals surface area contributed by atoms with E-state index in [-0.39, 0.29) is 32.0 Å². The number of ether oxygens (including phenoxy) is 1. The Hall–Kier alpha value is -0.160. The molecular formula is C6H15NO3. The number of aliphatic hydroxyl groups excluding tert-OH is 2. The summed E-state index contributed by atoms with van der Waals surface area (Å²) in [7, 11) is 0. The van der Waals surface area contributed by atoms with E-state index in [0.717, 1.165) is 0 Å². The van der Waals surface area contributed by atoms with Crippen LogP contribution in [0.25, 0.3) is 0 Å². The molecule has 0 aliphatic heterocycles. The Morgan fingerprint density at radius 1 is 1.50 bits per heavy atom. The van der Waals surface area contributed by atoms with E-state index < -0.39 is 0 Å². The summed E-state index contributed by atoms with van der Waals surface area (Å²) in [5.74, 6) is 0. The zero-order valence-electron chi connectivity index (χ0n) is 6.16. The molecule has 0 aromatic heterocycles. The molecular weight excluding hydrogens is 134 g/mol. The van der Waals surface area contributed by atoms with E-state index in [1.165, 1.54) is 0 Å². The lowest BCUT2D eigenvalue weighted by Gasteiger charge is -2.17. The summed E-state index contributed by atoms with van der Waals surface area (Å²) < 4.78 is 4.98. The predicted octanol–water partition coefficient (Wildman–Crippen LogP) is -1.30. The third-order valence-electron chi connectivity index (χ3n) is 1.19. The van der Waals surface area contributed by atoms with Crippen LogP contribution in [0.3, 0.4) is 0 Å². The van der Waals surface area contributed by atoms with Gasteiger partial charge in [-0.1, -0.05) is 0 Å². The van der Waals surface area contributed by atoms with Crippen LogP contribution < -0.4 is 5.73 Å². The van der Waals surface area contributed by atoms with Gasteiger partial charge in [-0.2, -0.15) is 0 Å². The molecule has 0 aromatic rings. The molecule has 0 amide bonds. The Labute approximate surface area is 60.6 Å². The number of nitrogens with two attached hydrogens (primary N) is 1. The third-order valence-corrected chi connectivity index (χ3v) is 1.19. The van der Waals surface area contributed by atoms with Crippen molar-refractivity contribution in [3.8, 4) is 0 Å². The molecule has 4 N–H and O–H groups in total. The van der Waals surface area contributed by atoms with Crippen LogP contribution in [0.15, 0.2) is 0 Å². The lowest BCUT2D eigenvalue weighted by Crippen LogP contribution is -2.37. The number of hydrogen-bond donors (Lipinski definition) is 3. The van der Waals surface area contributed by atoms with Crippen LogP contribution in [-0.4, -0.2) is 42.2 Å². The zero-order valence-corrected chi connectivity index (χ0v) is 6.16. The average Bonchev–Trinajstić information content (AvgIpc) is 1.89. The van der Waals surface area contributed by atoms with Crippen molar-refractivity contribution >= 4 is 0 Å². The molecule has 2 atom stereocenters. The van der Waals surface area contributed by atoms with E-state index in [1.807, 2.05) is 0 Å². The summed E-state index contributed by atoms with van der Waals surface area (Å²) in [5.41, 5.74) is 5.42. The third kappa shape index (κ3) is 3.79. The van der Waals surface area contributed by atoms with Crippen LogP contribution in [0.2, 0.25) is 0 Å². The van der Waals surface area contributed by atoms with Gasteiger partial charge in [-0.05, 0) is 6.92 Å². The predicted molar refractivity (Wildman–Crippen MR) is 37.6 cm³/mol. The van der Waals surface area contributed by atoms with Gasteiger partial charge in [0, 0.05) is 6.04 Å². The first-order chi connectivity index (χ1) is 4.72. The standard InChI is InChI=1S/C6H15NO3/c1-5(7)6(4-9)10-3-2-8/h5-6,8-9H,2-4,7H2,1H3. The molecule has 0 saturated heterocycles. The van der Waals surface area contributed by atoms with Crippen molar-refractivity contribution in [1.29, 1.82) is 0 Å². The summed E-state index contributed by atoms with van der Waals surface area (Å²) in [6.07, 6.45) is -0.354. The van der Waals surface area contributed by atoms with E-state index in [2.05, 4.69) is 0 Å². The van der Waals surface area contributed by atoms with Gasteiger partial charge in [0.2, 0.25) is 0 Å². The van der Waals surface area contributed by atoms with Crippen LogP contribution >= 0.6 is 0 Å². The lowest BCUT2D eigenvalue weighted by atomic mass is 10.2. The van der Waals surface area contributed by atoms with Crippen LogP contribution in [-0.2, 0) is 4.74 Å². The van der Waals surface area contributed by atoms with Crippen molar-refractivity contribution in [2.75, 3.05) is 19.8 Å². The second-order valence-corrected chi connectivity index (χ2v) is 2.17. The molecule has 0 heterocycles. The number of hydrogen-bond acceptors (Lipinski definition) is 4. The molecule has 0 fully saturated rings. The van der Waals surface area contributed by atoms with Gasteiger partial charge in [-0.25, -0.2) is 0 Å². The minimum atomic E-state index is -0.354. The van der Waals surface area contributed by atoms with E-state index in [4.69, 9.17) is 20.7 Å². The second-order valence-electron chi connectivity index (χ2n) is 2.17. The summed E-state index contributed by atoms with van der Waals surface area (Å²) in [4.78, 5) is 0. The van der Waals surface area contributed by atoms with E-state index in [9.17, 15) is 0 Å². The first-order valence-corrected chi connectivity index (χ1v) is 3.31. The molecule has 0 aliphatic carbocycles. The molecule has 0 bridgehead atoms. The summed E-state index contributed by atoms with van der Waals surface area (Å²) in [6.45, 7) is 1.84. The Kier molecular flexibility index (Phi) is 5.52. The fourth-order valence-corrected chi connectivity index (χ4v) is 0.575. The smallest absolute Gasteiger partial charge is 0.0954 e. The average molecular weight is 149 g/mol. The number of aliphatic hydroxyl groups is 2. The quantitative estimate of drug-likeness (QED) is 0.454. The molecule has 0 rings (SSSR count). The first-order valence-electron chi connectivity index (χ1n) is 3.31. The van der Waals surface area contributed by atoms with Gasteiger partial charge in [0.25, 0.3) is 0 Å². The Bertz CT molecular complexity index is 77.4. The maximum Gasteiger partial charge on any atom is 0.0954 e. The molecule has 4 heteroatoms. The molecule has 62 valence electrons. The lowest BCUT2D eigenvalue weighted by molar-refractivity contribution is -0.0136. The highest BCUT2D eigenvalue weighted by Gasteiger charge is 2.11. The van der Waals surface area contributed by atoms with Gasteiger partial charge in [0.15, 0.2) is 0 Å². The van der Waals surface area contributed by atoms with E-state index >= 15 is 0 Å². The van der Waals surface area contributed by atoms with Crippen molar-refractivity contribution in [2.24, 2.45) is 5.73 Å². The molecule has 4 nitrogen and oxygen atoms in total. The zero-order chi connectivity index (χ0) is 7.98. The number of rotatable bonds is 5. The highest BCUT2D eigenvalue weighted by atomic mass is 16.5. The molecule has 0 spiro atoms. The molecule has 2 unspecified atom stereocenters. The monoisotopic (exact) mass is 149 g/mol. The topological polar surface area (TPSA) is 75.7 Å².